The fraction of sp³-hybridized carbons (Fsp3) is 0.333. The molecular formula is C9H12N2O2. The van der Waals surface area contributed by atoms with Gasteiger partial charge in [-0.25, -0.2) is 4.79 Å². The van der Waals surface area contributed by atoms with Gasteiger partial charge in [0.1, 0.15) is 5.75 Å². The number of amides is 1. The van der Waals surface area contributed by atoms with Crippen LogP contribution < -0.4 is 10.1 Å². The van der Waals surface area contributed by atoms with Crippen molar-refractivity contribution in [3.8, 4) is 5.75 Å². The van der Waals surface area contributed by atoms with Crippen LogP contribution >= 0.6 is 0 Å². The molecule has 0 aliphatic heterocycles. The van der Waals surface area contributed by atoms with E-state index in [-0.39, 0.29) is 6.04 Å². The number of rotatable bonds is 2. The van der Waals surface area contributed by atoms with Gasteiger partial charge in [0.2, 0.25) is 0 Å². The van der Waals surface area contributed by atoms with E-state index in [2.05, 4.69) is 10.3 Å². The van der Waals surface area contributed by atoms with Crippen molar-refractivity contribution in [2.75, 3.05) is 0 Å². The van der Waals surface area contributed by atoms with E-state index < -0.39 is 6.09 Å². The standard InChI is InChI=1S/C9H12N2O2/c1-7(2)11-9(12)13-8-3-5-10-6-4-8/h3-7H,1-2H3,(H,11,12). The molecule has 1 heterocycles. The lowest BCUT2D eigenvalue weighted by Gasteiger charge is -2.08. The number of pyridine rings is 1. The number of nitrogens with one attached hydrogen (secondary N) is 1. The van der Waals surface area contributed by atoms with Crippen LogP contribution in [0, 0.1) is 0 Å². The highest BCUT2D eigenvalue weighted by Crippen LogP contribution is 2.06. The van der Waals surface area contributed by atoms with Crippen LogP contribution in [0.4, 0.5) is 4.79 Å². The van der Waals surface area contributed by atoms with Crippen LogP contribution in [0.5, 0.6) is 5.75 Å². The molecular weight excluding hydrogens is 168 g/mol. The molecule has 0 saturated heterocycles. The Morgan fingerprint density at radius 3 is 2.62 bits per heavy atom. The Morgan fingerprint density at radius 2 is 2.08 bits per heavy atom. The van der Waals surface area contributed by atoms with Crippen LogP contribution in [-0.2, 0) is 0 Å². The molecule has 1 aromatic heterocycles. The second-order valence-electron chi connectivity index (χ2n) is 2.87. The highest BCUT2D eigenvalue weighted by Gasteiger charge is 2.04. The number of aromatic nitrogens is 1. The average Bonchev–Trinajstić information content (AvgIpc) is 2.04. The third-order valence-electron chi connectivity index (χ3n) is 1.27. The third kappa shape index (κ3) is 3.55. The third-order valence-corrected chi connectivity index (χ3v) is 1.27. The number of ether oxygens (including phenoxy) is 1. The van der Waals surface area contributed by atoms with E-state index in [0.29, 0.717) is 5.75 Å². The minimum Gasteiger partial charge on any atom is -0.410 e. The molecule has 0 fully saturated rings. The van der Waals surface area contributed by atoms with E-state index in [1.165, 1.54) is 0 Å². The summed E-state index contributed by atoms with van der Waals surface area (Å²) in [5.41, 5.74) is 0. The molecule has 13 heavy (non-hydrogen) atoms. The summed E-state index contributed by atoms with van der Waals surface area (Å²) in [7, 11) is 0. The van der Waals surface area contributed by atoms with Crippen LogP contribution in [-0.4, -0.2) is 17.1 Å². The largest absolute Gasteiger partial charge is 0.412 e. The molecule has 1 aromatic rings. The fourth-order valence-corrected chi connectivity index (χ4v) is 0.778. The van der Waals surface area contributed by atoms with Gasteiger partial charge in [0.25, 0.3) is 0 Å². The second-order valence-corrected chi connectivity index (χ2v) is 2.87. The normalized spacial score (nSPS) is 9.77. The van der Waals surface area contributed by atoms with Crippen molar-refractivity contribution in [2.45, 2.75) is 19.9 Å². The van der Waals surface area contributed by atoms with Crippen molar-refractivity contribution in [3.05, 3.63) is 24.5 Å². The summed E-state index contributed by atoms with van der Waals surface area (Å²) in [5, 5.41) is 2.61. The van der Waals surface area contributed by atoms with Crippen molar-refractivity contribution in [1.82, 2.24) is 10.3 Å². The first-order chi connectivity index (χ1) is 6.18. The van der Waals surface area contributed by atoms with Crippen molar-refractivity contribution in [1.29, 1.82) is 0 Å². The number of nitrogens with zero attached hydrogens (tertiary/aromatic N) is 1. The molecule has 0 atom stereocenters. The Labute approximate surface area is 76.9 Å². The summed E-state index contributed by atoms with van der Waals surface area (Å²) in [6, 6.07) is 3.33. The van der Waals surface area contributed by atoms with Gasteiger partial charge >= 0.3 is 6.09 Å². The number of hydrogen-bond acceptors (Lipinski definition) is 3. The SMILES string of the molecule is CC(C)NC(=O)Oc1ccncc1. The van der Waals surface area contributed by atoms with E-state index in [1.807, 2.05) is 13.8 Å². The summed E-state index contributed by atoms with van der Waals surface area (Å²) in [4.78, 5) is 14.9. The van der Waals surface area contributed by atoms with Crippen molar-refractivity contribution >= 4 is 6.09 Å². The lowest BCUT2D eigenvalue weighted by Crippen LogP contribution is -2.32. The molecule has 0 radical (unpaired) electrons. The van der Waals surface area contributed by atoms with E-state index in [4.69, 9.17) is 4.74 Å². The summed E-state index contributed by atoms with van der Waals surface area (Å²) in [5.74, 6) is 0.494. The topological polar surface area (TPSA) is 51.2 Å². The zero-order valence-corrected chi connectivity index (χ0v) is 7.65. The molecule has 4 nitrogen and oxygen atoms in total. The lowest BCUT2D eigenvalue weighted by molar-refractivity contribution is 0.197. The Morgan fingerprint density at radius 1 is 1.46 bits per heavy atom. The van der Waals surface area contributed by atoms with Gasteiger partial charge in [-0.2, -0.15) is 0 Å². The zero-order valence-electron chi connectivity index (χ0n) is 7.65. The van der Waals surface area contributed by atoms with Crippen molar-refractivity contribution in [2.24, 2.45) is 0 Å². The molecule has 0 aliphatic carbocycles. The van der Waals surface area contributed by atoms with Gasteiger partial charge in [-0.05, 0) is 26.0 Å². The first kappa shape index (κ1) is 9.51. The number of hydrogen-bond donors (Lipinski definition) is 1. The predicted octanol–water partition coefficient (Wildman–Crippen LogP) is 1.58. The molecule has 1 rings (SSSR count). The van der Waals surface area contributed by atoms with E-state index in [0.717, 1.165) is 0 Å². The highest BCUT2D eigenvalue weighted by atomic mass is 16.6. The van der Waals surface area contributed by atoms with Crippen molar-refractivity contribution in [3.63, 3.8) is 0 Å². The van der Waals surface area contributed by atoms with Gasteiger partial charge in [0.05, 0.1) is 0 Å². The van der Waals surface area contributed by atoms with E-state index in [1.54, 1.807) is 24.5 Å². The predicted molar refractivity (Wildman–Crippen MR) is 48.5 cm³/mol. The zero-order chi connectivity index (χ0) is 9.68. The number of carbonyl (C=O) groups is 1. The Balaban J connectivity index is 2.46. The Kier molecular flexibility index (Phi) is 3.25. The smallest absolute Gasteiger partial charge is 0.410 e. The van der Waals surface area contributed by atoms with E-state index >= 15 is 0 Å². The molecule has 0 unspecified atom stereocenters. The molecule has 0 spiro atoms. The monoisotopic (exact) mass is 180 g/mol. The molecule has 0 aromatic carbocycles. The molecule has 0 aliphatic rings. The minimum absolute atomic E-state index is 0.0781. The van der Waals surface area contributed by atoms with Crippen LogP contribution in [0.3, 0.4) is 0 Å². The first-order valence-corrected chi connectivity index (χ1v) is 4.07. The van der Waals surface area contributed by atoms with Gasteiger partial charge < -0.3 is 10.1 Å². The van der Waals surface area contributed by atoms with E-state index in [9.17, 15) is 4.79 Å². The highest BCUT2D eigenvalue weighted by molar-refractivity contribution is 5.70. The quantitative estimate of drug-likeness (QED) is 0.751. The molecule has 1 amide bonds. The van der Waals surface area contributed by atoms with Crippen LogP contribution in [0.15, 0.2) is 24.5 Å². The number of carbonyl (C=O) groups excluding carboxylic acids is 1. The summed E-state index contributed by atoms with van der Waals surface area (Å²) in [6.07, 6.45) is 2.69. The van der Waals surface area contributed by atoms with Gasteiger partial charge in [-0.15, -0.1) is 0 Å². The molecule has 70 valence electrons. The summed E-state index contributed by atoms with van der Waals surface area (Å²) >= 11 is 0. The van der Waals surface area contributed by atoms with Gasteiger partial charge in [-0.3, -0.25) is 4.98 Å². The first-order valence-electron chi connectivity index (χ1n) is 4.07. The Bertz CT molecular complexity index is 272. The molecule has 1 N–H and O–H groups in total. The fourth-order valence-electron chi connectivity index (χ4n) is 0.778. The second kappa shape index (κ2) is 4.45. The van der Waals surface area contributed by atoms with Gasteiger partial charge in [0, 0.05) is 18.4 Å². The van der Waals surface area contributed by atoms with Crippen molar-refractivity contribution < 1.29 is 9.53 Å². The lowest BCUT2D eigenvalue weighted by atomic mass is 10.4. The maximum atomic E-state index is 11.1. The minimum atomic E-state index is -0.443. The summed E-state index contributed by atoms with van der Waals surface area (Å²) in [6.45, 7) is 3.74. The Hall–Kier alpha value is -1.58. The molecule has 0 saturated carbocycles. The average molecular weight is 180 g/mol. The maximum absolute atomic E-state index is 11.1. The van der Waals surface area contributed by atoms with Gasteiger partial charge in [0.15, 0.2) is 0 Å². The molecule has 4 heteroatoms. The van der Waals surface area contributed by atoms with Crippen LogP contribution in [0.2, 0.25) is 0 Å². The van der Waals surface area contributed by atoms with Gasteiger partial charge in [-0.1, -0.05) is 0 Å². The maximum Gasteiger partial charge on any atom is 0.412 e. The van der Waals surface area contributed by atoms with Crippen LogP contribution in [0.25, 0.3) is 0 Å². The summed E-state index contributed by atoms with van der Waals surface area (Å²) < 4.78 is 4.94. The van der Waals surface area contributed by atoms with Crippen LogP contribution in [0.1, 0.15) is 13.8 Å². The molecule has 0 bridgehead atoms.